The van der Waals surface area contributed by atoms with Gasteiger partial charge < -0.3 is 24.1 Å². The second kappa shape index (κ2) is 37.2. The van der Waals surface area contributed by atoms with Crippen molar-refractivity contribution in [2.45, 2.75) is 244 Å². The van der Waals surface area contributed by atoms with Gasteiger partial charge in [-0.2, -0.15) is 0 Å². The summed E-state index contributed by atoms with van der Waals surface area (Å²) in [6.07, 6.45) is 40.1. The molecule has 1 heterocycles. The van der Waals surface area contributed by atoms with Crippen molar-refractivity contribution in [3.8, 4) is 0 Å². The van der Waals surface area contributed by atoms with Crippen molar-refractivity contribution >= 4 is 5.97 Å². The Kier molecular flexibility index (Phi) is 35.3. The van der Waals surface area contributed by atoms with Gasteiger partial charge in [-0.3, -0.25) is 9.69 Å². The molecule has 0 bridgehead atoms. The molecule has 310 valence electrons. The number of aliphatic hydroxyl groups is 1. The summed E-state index contributed by atoms with van der Waals surface area (Å²) in [7, 11) is 3.67. The molecule has 1 saturated heterocycles. The number of rotatable bonds is 40. The normalized spacial score (nSPS) is 18.9. The number of hydrogen-bond acceptors (Lipinski definition) is 7. The quantitative estimate of drug-likeness (QED) is 0.0495. The molecular formula is C45H89NO6. The highest BCUT2D eigenvalue weighted by molar-refractivity contribution is 5.71. The molecule has 52 heavy (non-hydrogen) atoms. The van der Waals surface area contributed by atoms with Crippen LogP contribution in [0.3, 0.4) is 0 Å². The number of hydrogen-bond donors (Lipinski definition) is 1. The first kappa shape index (κ1) is 49.3. The summed E-state index contributed by atoms with van der Waals surface area (Å²) in [5.41, 5.74) is 0. The maximum Gasteiger partial charge on any atom is 0.320 e. The lowest BCUT2D eigenvalue weighted by molar-refractivity contribution is -0.161. The summed E-state index contributed by atoms with van der Waals surface area (Å²) in [5.74, 6) is -0.308. The van der Waals surface area contributed by atoms with Gasteiger partial charge in [0.2, 0.25) is 0 Å². The van der Waals surface area contributed by atoms with E-state index in [0.717, 1.165) is 25.7 Å². The van der Waals surface area contributed by atoms with Crippen LogP contribution in [0.1, 0.15) is 219 Å². The fourth-order valence-electron chi connectivity index (χ4n) is 7.44. The zero-order valence-electron chi connectivity index (χ0n) is 35.2. The number of esters is 1. The van der Waals surface area contributed by atoms with Crippen LogP contribution in [0.2, 0.25) is 0 Å². The number of carbonyl (C=O) groups is 1. The highest BCUT2D eigenvalue weighted by atomic mass is 16.7. The summed E-state index contributed by atoms with van der Waals surface area (Å²) < 4.78 is 23.8. The largest absolute Gasteiger partial charge is 0.462 e. The monoisotopic (exact) mass is 740 g/mol. The van der Waals surface area contributed by atoms with Gasteiger partial charge in [-0.15, -0.1) is 0 Å². The number of ether oxygens (including phenoxy) is 4. The van der Waals surface area contributed by atoms with Crippen LogP contribution in [0.15, 0.2) is 0 Å². The molecule has 7 nitrogen and oxygen atoms in total. The maximum absolute atomic E-state index is 12.2. The average molecular weight is 740 g/mol. The minimum absolute atomic E-state index is 0.0618. The van der Waals surface area contributed by atoms with E-state index >= 15 is 0 Å². The molecule has 1 aliphatic rings. The van der Waals surface area contributed by atoms with Crippen molar-refractivity contribution in [2.24, 2.45) is 0 Å². The Morgan fingerprint density at radius 3 is 1.13 bits per heavy atom. The van der Waals surface area contributed by atoms with Crippen molar-refractivity contribution in [3.05, 3.63) is 0 Å². The molecule has 7 heteroatoms. The van der Waals surface area contributed by atoms with E-state index in [9.17, 15) is 9.90 Å². The zero-order valence-corrected chi connectivity index (χ0v) is 35.2. The van der Waals surface area contributed by atoms with Crippen LogP contribution in [0.25, 0.3) is 0 Å². The Hall–Kier alpha value is -0.730. The van der Waals surface area contributed by atoms with E-state index in [0.29, 0.717) is 13.2 Å². The fourth-order valence-corrected chi connectivity index (χ4v) is 7.44. The van der Waals surface area contributed by atoms with Crippen LogP contribution in [-0.4, -0.2) is 81.0 Å². The summed E-state index contributed by atoms with van der Waals surface area (Å²) in [6.45, 7) is 6.02. The van der Waals surface area contributed by atoms with E-state index in [-0.39, 0.29) is 19.1 Å². The molecule has 0 spiro atoms. The van der Waals surface area contributed by atoms with Crippen molar-refractivity contribution in [2.75, 3.05) is 40.5 Å². The molecule has 0 aliphatic carbocycles. The summed E-state index contributed by atoms with van der Waals surface area (Å²) >= 11 is 0. The summed E-state index contributed by atoms with van der Waals surface area (Å²) in [4.78, 5) is 14.0. The summed E-state index contributed by atoms with van der Waals surface area (Å²) in [5, 5.41) is 10.7. The first-order valence-electron chi connectivity index (χ1n) is 22.9. The molecular weight excluding hydrogens is 650 g/mol. The van der Waals surface area contributed by atoms with Crippen molar-refractivity contribution < 1.29 is 28.8 Å². The van der Waals surface area contributed by atoms with Crippen LogP contribution in [0.4, 0.5) is 0 Å². The van der Waals surface area contributed by atoms with Gasteiger partial charge in [0.1, 0.15) is 24.9 Å². The highest BCUT2D eigenvalue weighted by Crippen LogP contribution is 2.27. The Morgan fingerprint density at radius 1 is 0.500 bits per heavy atom. The van der Waals surface area contributed by atoms with Gasteiger partial charge in [-0.05, 0) is 26.9 Å². The first-order valence-corrected chi connectivity index (χ1v) is 22.9. The van der Waals surface area contributed by atoms with Gasteiger partial charge in [-0.25, -0.2) is 0 Å². The molecule has 0 saturated carbocycles. The van der Waals surface area contributed by atoms with Crippen molar-refractivity contribution in [3.63, 3.8) is 0 Å². The molecule has 0 aromatic rings. The topological polar surface area (TPSA) is 77.5 Å². The second-order valence-corrected chi connectivity index (χ2v) is 16.3. The highest BCUT2D eigenvalue weighted by Gasteiger charge is 2.46. The number of aliphatic hydroxyl groups excluding tert-OH is 1. The predicted octanol–water partition coefficient (Wildman–Crippen LogP) is 12.1. The van der Waals surface area contributed by atoms with Gasteiger partial charge in [0.05, 0.1) is 6.54 Å². The van der Waals surface area contributed by atoms with Crippen LogP contribution in [0, 0.1) is 0 Å². The lowest BCUT2D eigenvalue weighted by Crippen LogP contribution is -2.40. The number of carbonyl (C=O) groups excluding carboxylic acids is 1. The number of unbranched alkanes of at least 4 members (excludes halogenated alkanes) is 30. The van der Waals surface area contributed by atoms with E-state index < -0.39 is 24.6 Å². The third-order valence-electron chi connectivity index (χ3n) is 10.8. The van der Waals surface area contributed by atoms with Crippen LogP contribution >= 0.6 is 0 Å². The SMILES string of the molecule is CCCCCCCCCCCCCCCCCCOC1[C@@H](COC(=O)CN(C)C)O[C@@H](O)[C@H]1OCCCCCCCCCCCCCCCCCC. The van der Waals surface area contributed by atoms with E-state index in [1.807, 2.05) is 14.1 Å². The van der Waals surface area contributed by atoms with Gasteiger partial charge >= 0.3 is 5.97 Å². The van der Waals surface area contributed by atoms with Gasteiger partial charge in [0.25, 0.3) is 0 Å². The molecule has 1 aliphatic heterocycles. The predicted molar refractivity (Wildman–Crippen MR) is 219 cm³/mol. The molecule has 0 aromatic carbocycles. The third kappa shape index (κ3) is 29.6. The minimum atomic E-state index is -1.07. The molecule has 1 rings (SSSR count). The second-order valence-electron chi connectivity index (χ2n) is 16.3. The van der Waals surface area contributed by atoms with Crippen molar-refractivity contribution in [1.82, 2.24) is 4.90 Å². The molecule has 0 amide bonds. The van der Waals surface area contributed by atoms with Crippen LogP contribution in [-0.2, 0) is 23.7 Å². The lowest BCUT2D eigenvalue weighted by Gasteiger charge is -2.24. The van der Waals surface area contributed by atoms with Crippen molar-refractivity contribution in [1.29, 1.82) is 0 Å². The molecule has 1 N–H and O–H groups in total. The van der Waals surface area contributed by atoms with E-state index in [4.69, 9.17) is 18.9 Å². The standard InChI is InChI=1S/C45H89NO6/c1-5-7-9-11-13-15-17-19-21-23-25-27-29-31-33-35-37-49-43-41(40-51-42(47)39-46(3)4)52-45(48)44(43)50-38-36-34-32-30-28-26-24-22-20-18-16-14-12-10-8-6-2/h41,43-45,48H,5-40H2,1-4H3/t41-,43?,44+,45-/m1/s1. The molecule has 1 fully saturated rings. The molecule has 0 aromatic heterocycles. The number of nitrogens with zero attached hydrogens (tertiary/aromatic N) is 1. The average Bonchev–Trinajstić information content (AvgIpc) is 3.42. The minimum Gasteiger partial charge on any atom is -0.462 e. The van der Waals surface area contributed by atoms with Gasteiger partial charge in [0, 0.05) is 13.2 Å². The van der Waals surface area contributed by atoms with Crippen LogP contribution in [0.5, 0.6) is 0 Å². The third-order valence-corrected chi connectivity index (χ3v) is 10.8. The maximum atomic E-state index is 12.2. The molecule has 4 atom stereocenters. The van der Waals surface area contributed by atoms with E-state index in [2.05, 4.69) is 13.8 Å². The Morgan fingerprint density at radius 2 is 0.808 bits per heavy atom. The van der Waals surface area contributed by atoms with Crippen LogP contribution < -0.4 is 0 Å². The van der Waals surface area contributed by atoms with E-state index in [1.54, 1.807) is 4.90 Å². The van der Waals surface area contributed by atoms with E-state index in [1.165, 1.54) is 180 Å². The Balaban J connectivity index is 2.19. The molecule has 0 radical (unpaired) electrons. The smallest absolute Gasteiger partial charge is 0.320 e. The number of likely N-dealkylation sites (N-methyl/N-ethyl adjacent to an activating group) is 1. The zero-order chi connectivity index (χ0) is 37.7. The Bertz CT molecular complexity index is 751. The summed E-state index contributed by atoms with van der Waals surface area (Å²) in [6, 6.07) is 0. The Labute approximate surface area is 323 Å². The van der Waals surface area contributed by atoms with Gasteiger partial charge in [-0.1, -0.05) is 206 Å². The lowest BCUT2D eigenvalue weighted by atomic mass is 10.0. The van der Waals surface area contributed by atoms with Gasteiger partial charge in [0.15, 0.2) is 6.29 Å². The molecule has 1 unspecified atom stereocenters. The first-order chi connectivity index (χ1) is 25.5. The fraction of sp³-hybridized carbons (Fsp3) is 0.978.